The smallest absolute Gasteiger partial charge is 0.282 e. The molecule has 0 spiro atoms. The van der Waals surface area contributed by atoms with E-state index in [-0.39, 0.29) is 12.4 Å². The Morgan fingerprint density at radius 2 is 2.05 bits per heavy atom. The average Bonchev–Trinajstić information content (AvgIpc) is 2.65. The Morgan fingerprint density at radius 1 is 1.45 bits per heavy atom. The van der Waals surface area contributed by atoms with Gasteiger partial charge < -0.3 is 5.73 Å². The number of carbonyl (C=O) groups excluding carboxylic acids is 1. The molecule has 2 rings (SSSR count). The van der Waals surface area contributed by atoms with Crippen molar-refractivity contribution in [1.29, 1.82) is 5.41 Å². The Labute approximate surface area is 126 Å². The maximum atomic E-state index is 11.8. The van der Waals surface area contributed by atoms with E-state index >= 15 is 0 Å². The van der Waals surface area contributed by atoms with E-state index in [0.29, 0.717) is 16.4 Å². The summed E-state index contributed by atoms with van der Waals surface area (Å²) in [6, 6.07) is 5.88. The molecule has 1 unspecified atom stereocenters. The van der Waals surface area contributed by atoms with Crippen molar-refractivity contribution in [2.45, 2.75) is 13.0 Å². The summed E-state index contributed by atoms with van der Waals surface area (Å²) in [5.41, 5.74) is 6.25. The van der Waals surface area contributed by atoms with Gasteiger partial charge in [-0.1, -0.05) is 11.6 Å². The number of hydrogen-bond donors (Lipinski definition) is 2. The van der Waals surface area contributed by atoms with Crippen LogP contribution >= 0.6 is 24.0 Å². The minimum Gasteiger partial charge on any atom is -0.368 e. The van der Waals surface area contributed by atoms with E-state index in [1.165, 1.54) is 0 Å². The zero-order valence-electron chi connectivity index (χ0n) is 10.4. The van der Waals surface area contributed by atoms with Gasteiger partial charge in [0.1, 0.15) is 0 Å². The molecule has 0 fully saturated rings. The summed E-state index contributed by atoms with van der Waals surface area (Å²) >= 11 is 5.75. The van der Waals surface area contributed by atoms with Crippen LogP contribution in [-0.4, -0.2) is 28.6 Å². The van der Waals surface area contributed by atoms with Gasteiger partial charge in [0.15, 0.2) is 6.04 Å². The molecule has 0 saturated carbocycles. The van der Waals surface area contributed by atoms with Crippen LogP contribution in [0.4, 0.5) is 5.69 Å². The first-order valence-electron chi connectivity index (χ1n) is 5.38. The molecular formula is C11H12Cl2N6O. The number of halogens is 2. The number of nitrogens with zero attached hydrogens (tertiary/aromatic N) is 4. The van der Waals surface area contributed by atoms with Crippen LogP contribution in [0.1, 0.15) is 6.92 Å². The lowest BCUT2D eigenvalue weighted by atomic mass is 10.2. The van der Waals surface area contributed by atoms with Crippen molar-refractivity contribution in [2.24, 2.45) is 21.1 Å². The van der Waals surface area contributed by atoms with E-state index in [2.05, 4.69) is 15.3 Å². The Balaban J connectivity index is 0.00000200. The molecule has 1 aliphatic heterocycles. The topological polar surface area (TPSA) is 107 Å². The van der Waals surface area contributed by atoms with Crippen LogP contribution in [0.2, 0.25) is 5.02 Å². The van der Waals surface area contributed by atoms with Crippen LogP contribution in [-0.2, 0) is 4.79 Å². The fourth-order valence-corrected chi connectivity index (χ4v) is 1.62. The molecule has 0 radical (unpaired) electrons. The third kappa shape index (κ3) is 3.31. The predicted molar refractivity (Wildman–Crippen MR) is 78.9 cm³/mol. The Morgan fingerprint density at radius 3 is 2.55 bits per heavy atom. The number of amides is 1. The van der Waals surface area contributed by atoms with Gasteiger partial charge in [-0.15, -0.1) is 12.4 Å². The molecule has 0 aliphatic carbocycles. The van der Waals surface area contributed by atoms with E-state index < -0.39 is 17.9 Å². The third-order valence-corrected chi connectivity index (χ3v) is 2.69. The molecule has 3 N–H and O–H groups in total. The van der Waals surface area contributed by atoms with E-state index in [4.69, 9.17) is 22.7 Å². The third-order valence-electron chi connectivity index (χ3n) is 2.44. The lowest BCUT2D eigenvalue weighted by Crippen LogP contribution is -2.38. The van der Waals surface area contributed by atoms with Gasteiger partial charge in [-0.05, 0) is 31.2 Å². The highest BCUT2D eigenvalue weighted by atomic mass is 35.5. The van der Waals surface area contributed by atoms with Gasteiger partial charge in [0.05, 0.1) is 11.4 Å². The largest absolute Gasteiger partial charge is 0.368 e. The van der Waals surface area contributed by atoms with Gasteiger partial charge in [0.2, 0.25) is 5.96 Å². The summed E-state index contributed by atoms with van der Waals surface area (Å²) < 4.78 is 0. The number of nitrogens with two attached hydrogens (primary N) is 1. The number of azo groups is 1. The van der Waals surface area contributed by atoms with E-state index in [9.17, 15) is 4.79 Å². The summed E-state index contributed by atoms with van der Waals surface area (Å²) in [7, 11) is 0. The molecule has 0 aromatic heterocycles. The fourth-order valence-electron chi connectivity index (χ4n) is 1.49. The summed E-state index contributed by atoms with van der Waals surface area (Å²) in [6.07, 6.45) is 0. The van der Waals surface area contributed by atoms with Gasteiger partial charge in [-0.2, -0.15) is 20.3 Å². The monoisotopic (exact) mass is 314 g/mol. The Hall–Kier alpha value is -1.99. The van der Waals surface area contributed by atoms with Crippen molar-refractivity contribution in [3.05, 3.63) is 29.3 Å². The van der Waals surface area contributed by atoms with Crippen molar-refractivity contribution in [3.63, 3.8) is 0 Å². The first-order valence-corrected chi connectivity index (χ1v) is 5.76. The van der Waals surface area contributed by atoms with E-state index in [1.807, 2.05) is 0 Å². The number of hydrogen-bond acceptors (Lipinski definition) is 5. The van der Waals surface area contributed by atoms with Crippen LogP contribution in [0.3, 0.4) is 0 Å². The first kappa shape index (κ1) is 16.1. The number of carbonyl (C=O) groups is 1. The number of nitrogens with one attached hydrogen (secondary N) is 1. The number of hydrazone groups is 1. The van der Waals surface area contributed by atoms with Crippen molar-refractivity contribution >= 4 is 47.3 Å². The van der Waals surface area contributed by atoms with Crippen LogP contribution in [0.15, 0.2) is 39.6 Å². The summed E-state index contributed by atoms with van der Waals surface area (Å²) in [6.45, 7) is 1.63. The molecule has 1 heterocycles. The molecule has 20 heavy (non-hydrogen) atoms. The lowest BCUT2D eigenvalue weighted by Gasteiger charge is -2.08. The van der Waals surface area contributed by atoms with E-state index in [1.54, 1.807) is 31.2 Å². The molecule has 1 atom stereocenters. The second-order valence-electron chi connectivity index (χ2n) is 3.87. The molecular weight excluding hydrogens is 303 g/mol. The highest BCUT2D eigenvalue weighted by Crippen LogP contribution is 2.19. The number of guanidine groups is 1. The normalized spacial score (nSPS) is 18.1. The molecule has 1 amide bonds. The summed E-state index contributed by atoms with van der Waals surface area (Å²) in [4.78, 5) is 11.8. The van der Waals surface area contributed by atoms with Crippen molar-refractivity contribution in [3.8, 4) is 0 Å². The number of benzene rings is 1. The molecule has 1 aliphatic rings. The van der Waals surface area contributed by atoms with Crippen LogP contribution < -0.4 is 5.73 Å². The van der Waals surface area contributed by atoms with Gasteiger partial charge in [-0.3, -0.25) is 10.2 Å². The minimum absolute atomic E-state index is 0. The summed E-state index contributed by atoms with van der Waals surface area (Å²) in [5.74, 6) is -0.920. The Kier molecular flexibility index (Phi) is 5.18. The second kappa shape index (κ2) is 6.44. The molecule has 9 heteroatoms. The fraction of sp³-hybridized carbons (Fsp3) is 0.182. The molecule has 7 nitrogen and oxygen atoms in total. The SMILES string of the molecule is CC1=NN(C(=N)N)C(=O)C1N=Nc1ccc(Cl)cc1.Cl. The van der Waals surface area contributed by atoms with Crippen LogP contribution in [0.5, 0.6) is 0 Å². The number of rotatable bonds is 2. The lowest BCUT2D eigenvalue weighted by molar-refractivity contribution is -0.126. The van der Waals surface area contributed by atoms with Gasteiger partial charge in [0, 0.05) is 5.02 Å². The maximum absolute atomic E-state index is 11.8. The van der Waals surface area contributed by atoms with Crippen molar-refractivity contribution < 1.29 is 4.79 Å². The standard InChI is InChI=1S/C11H11ClN6O.ClH/c1-6-9(10(19)18(17-6)11(13)14)16-15-8-4-2-7(12)3-5-8;/h2-5,9H,1H3,(H3,13,14);1H. The second-order valence-corrected chi connectivity index (χ2v) is 4.31. The maximum Gasteiger partial charge on any atom is 0.282 e. The van der Waals surface area contributed by atoms with E-state index in [0.717, 1.165) is 5.01 Å². The van der Waals surface area contributed by atoms with Crippen molar-refractivity contribution in [1.82, 2.24) is 5.01 Å². The van der Waals surface area contributed by atoms with Crippen LogP contribution in [0.25, 0.3) is 0 Å². The molecule has 1 aromatic rings. The van der Waals surface area contributed by atoms with Gasteiger partial charge in [0.25, 0.3) is 5.91 Å². The van der Waals surface area contributed by atoms with Crippen molar-refractivity contribution in [2.75, 3.05) is 0 Å². The minimum atomic E-state index is -0.834. The van der Waals surface area contributed by atoms with Crippen LogP contribution in [0, 0.1) is 5.41 Å². The highest BCUT2D eigenvalue weighted by Gasteiger charge is 2.35. The zero-order chi connectivity index (χ0) is 14.0. The van der Waals surface area contributed by atoms with Gasteiger partial charge >= 0.3 is 0 Å². The molecule has 106 valence electrons. The summed E-state index contributed by atoms with van der Waals surface area (Å²) in [5, 5.41) is 20.3. The predicted octanol–water partition coefficient (Wildman–Crippen LogP) is 2.33. The molecule has 0 bridgehead atoms. The first-order chi connectivity index (χ1) is 8.99. The Bertz CT molecular complexity index is 583. The molecule has 1 aromatic carbocycles. The quantitative estimate of drug-likeness (QED) is 0.496. The van der Waals surface area contributed by atoms with Gasteiger partial charge in [-0.25, -0.2) is 0 Å². The molecule has 0 saturated heterocycles. The average molecular weight is 315 g/mol. The zero-order valence-corrected chi connectivity index (χ0v) is 12.0. The highest BCUT2D eigenvalue weighted by molar-refractivity contribution is 6.30.